The third-order valence-electron chi connectivity index (χ3n) is 5.24. The highest BCUT2D eigenvalue weighted by Gasteiger charge is 2.13. The number of carbonyl (C=O) groups is 1. The Hall–Kier alpha value is -3.07. The van der Waals surface area contributed by atoms with Crippen LogP contribution in [-0.4, -0.2) is 56.8 Å². The van der Waals surface area contributed by atoms with Gasteiger partial charge >= 0.3 is 0 Å². The first-order chi connectivity index (χ1) is 14.7. The van der Waals surface area contributed by atoms with Crippen LogP contribution >= 0.6 is 0 Å². The first kappa shape index (κ1) is 20.2. The molecule has 0 bridgehead atoms. The fourth-order valence-electron chi connectivity index (χ4n) is 3.55. The Kier molecular flexibility index (Phi) is 6.48. The summed E-state index contributed by atoms with van der Waals surface area (Å²) in [5, 5.41) is 19.0. The smallest absolute Gasteiger partial charge is 0.220 e. The molecule has 158 valence electrons. The Morgan fingerprint density at radius 3 is 2.67 bits per heavy atom. The summed E-state index contributed by atoms with van der Waals surface area (Å²) in [6.07, 6.45) is 3.31. The maximum atomic E-state index is 13.0. The van der Waals surface area contributed by atoms with Crippen LogP contribution < -0.4 is 10.6 Å². The van der Waals surface area contributed by atoms with E-state index in [1.807, 2.05) is 12.1 Å². The Morgan fingerprint density at radius 1 is 1.07 bits per heavy atom. The molecular weight excluding hydrogens is 385 g/mol. The van der Waals surface area contributed by atoms with E-state index in [9.17, 15) is 9.18 Å². The van der Waals surface area contributed by atoms with E-state index in [2.05, 4.69) is 30.8 Å². The number of nitrogens with one attached hydrogen (secondary N) is 2. The normalized spacial score (nSPS) is 14.3. The molecule has 0 spiro atoms. The number of hydrogen-bond acceptors (Lipinski definition) is 6. The van der Waals surface area contributed by atoms with Gasteiger partial charge in [-0.25, -0.2) is 4.39 Å². The molecule has 1 aliphatic heterocycles. The van der Waals surface area contributed by atoms with Crippen molar-refractivity contribution in [3.05, 3.63) is 53.6 Å². The van der Waals surface area contributed by atoms with Gasteiger partial charge in [0.05, 0.1) is 0 Å². The van der Waals surface area contributed by atoms with Crippen LogP contribution in [0.3, 0.4) is 0 Å². The molecule has 0 unspecified atom stereocenters. The maximum absolute atomic E-state index is 13.0. The molecule has 4 rings (SSSR count). The molecule has 2 aromatic heterocycles. The van der Waals surface area contributed by atoms with Crippen molar-refractivity contribution in [1.29, 1.82) is 0 Å². The van der Waals surface area contributed by atoms with Gasteiger partial charge in [-0.05, 0) is 55.8 Å². The summed E-state index contributed by atoms with van der Waals surface area (Å²) in [7, 11) is 0. The van der Waals surface area contributed by atoms with Gasteiger partial charge in [0, 0.05) is 32.5 Å². The average Bonchev–Trinajstić information content (AvgIpc) is 3.41. The minimum Gasteiger partial charge on any atom is -0.365 e. The second-order valence-electron chi connectivity index (χ2n) is 7.48. The van der Waals surface area contributed by atoms with Gasteiger partial charge in [0.2, 0.25) is 5.91 Å². The van der Waals surface area contributed by atoms with Crippen molar-refractivity contribution >= 4 is 17.4 Å². The molecule has 0 atom stereocenters. The third kappa shape index (κ3) is 5.29. The Morgan fingerprint density at radius 2 is 1.87 bits per heavy atom. The predicted molar refractivity (Wildman–Crippen MR) is 112 cm³/mol. The summed E-state index contributed by atoms with van der Waals surface area (Å²) in [6.45, 7) is 4.37. The van der Waals surface area contributed by atoms with Crippen molar-refractivity contribution in [3.8, 4) is 0 Å². The zero-order valence-electron chi connectivity index (χ0n) is 16.9. The van der Waals surface area contributed by atoms with Crippen molar-refractivity contribution in [2.75, 3.05) is 31.5 Å². The lowest BCUT2D eigenvalue weighted by molar-refractivity contribution is -0.121. The maximum Gasteiger partial charge on any atom is 0.220 e. The lowest BCUT2D eigenvalue weighted by Gasteiger charge is -2.14. The Bertz CT molecular complexity index is 983. The topological polar surface area (TPSA) is 87.5 Å². The number of benzene rings is 1. The monoisotopic (exact) mass is 411 g/mol. The summed E-state index contributed by atoms with van der Waals surface area (Å²) in [5.74, 6) is 1.05. The molecule has 3 aromatic rings. The second-order valence-corrected chi connectivity index (χ2v) is 7.48. The van der Waals surface area contributed by atoms with Crippen molar-refractivity contribution in [2.45, 2.75) is 32.2 Å². The van der Waals surface area contributed by atoms with Crippen molar-refractivity contribution < 1.29 is 9.18 Å². The molecule has 1 saturated heterocycles. The van der Waals surface area contributed by atoms with Crippen LogP contribution in [0.2, 0.25) is 0 Å². The van der Waals surface area contributed by atoms with E-state index in [1.165, 1.54) is 25.0 Å². The number of amides is 1. The van der Waals surface area contributed by atoms with Gasteiger partial charge in [0.25, 0.3) is 0 Å². The zero-order chi connectivity index (χ0) is 20.8. The highest BCUT2D eigenvalue weighted by atomic mass is 19.1. The summed E-state index contributed by atoms with van der Waals surface area (Å²) in [6, 6.07) is 9.97. The second kappa shape index (κ2) is 9.62. The summed E-state index contributed by atoms with van der Waals surface area (Å²) < 4.78 is 14.7. The molecule has 1 aromatic carbocycles. The molecule has 1 fully saturated rings. The number of fused-ring (bicyclic) bond motifs is 1. The van der Waals surface area contributed by atoms with Crippen LogP contribution in [0.1, 0.15) is 30.7 Å². The fourth-order valence-corrected chi connectivity index (χ4v) is 3.55. The van der Waals surface area contributed by atoms with Crippen molar-refractivity contribution in [1.82, 2.24) is 30.0 Å². The van der Waals surface area contributed by atoms with Gasteiger partial charge in [-0.3, -0.25) is 4.79 Å². The zero-order valence-corrected chi connectivity index (χ0v) is 16.9. The van der Waals surface area contributed by atoms with Crippen LogP contribution in [0.25, 0.3) is 5.65 Å². The quantitative estimate of drug-likeness (QED) is 0.560. The van der Waals surface area contributed by atoms with Gasteiger partial charge in [-0.2, -0.15) is 4.52 Å². The van der Waals surface area contributed by atoms with Gasteiger partial charge in [0.1, 0.15) is 11.6 Å². The minimum absolute atomic E-state index is 0.0107. The van der Waals surface area contributed by atoms with Gasteiger partial charge in [0.15, 0.2) is 11.5 Å². The number of halogens is 1. The standard InChI is InChI=1S/C21H26FN7O/c22-17-5-3-16(4-6-17)15-24-18-7-8-19-25-26-20(29(19)27-18)9-10-21(30)23-11-14-28-12-1-2-13-28/h3-8H,1-2,9-15H2,(H,23,30)(H,24,27). The lowest BCUT2D eigenvalue weighted by Crippen LogP contribution is -2.33. The SMILES string of the molecule is O=C(CCc1nnc2ccc(NCc3ccc(F)cc3)nn12)NCCN1CCCC1. The summed E-state index contributed by atoms with van der Waals surface area (Å²) >= 11 is 0. The Labute approximate surface area is 174 Å². The first-order valence-corrected chi connectivity index (χ1v) is 10.4. The molecule has 30 heavy (non-hydrogen) atoms. The van der Waals surface area contributed by atoms with Crippen LogP contribution in [0.15, 0.2) is 36.4 Å². The van der Waals surface area contributed by atoms with Gasteiger partial charge in [-0.1, -0.05) is 12.1 Å². The lowest BCUT2D eigenvalue weighted by atomic mass is 10.2. The number of anilines is 1. The molecule has 0 aliphatic carbocycles. The minimum atomic E-state index is -0.257. The third-order valence-corrected chi connectivity index (χ3v) is 5.24. The Balaban J connectivity index is 1.29. The first-order valence-electron chi connectivity index (χ1n) is 10.4. The van der Waals surface area contributed by atoms with E-state index >= 15 is 0 Å². The molecule has 2 N–H and O–H groups in total. The molecule has 1 amide bonds. The van der Waals surface area contributed by atoms with Crippen LogP contribution in [0, 0.1) is 5.82 Å². The van der Waals surface area contributed by atoms with Crippen molar-refractivity contribution in [3.63, 3.8) is 0 Å². The van der Waals surface area contributed by atoms with Crippen LogP contribution in [0.4, 0.5) is 10.2 Å². The molecular formula is C21H26FN7O. The van der Waals surface area contributed by atoms with E-state index in [0.717, 1.165) is 25.2 Å². The molecule has 9 heteroatoms. The summed E-state index contributed by atoms with van der Waals surface area (Å²) in [4.78, 5) is 14.5. The molecule has 0 saturated carbocycles. The van der Waals surface area contributed by atoms with Crippen LogP contribution in [-0.2, 0) is 17.8 Å². The number of aromatic nitrogens is 4. The number of aryl methyl sites for hydroxylation is 1. The van der Waals surface area contributed by atoms with E-state index < -0.39 is 0 Å². The number of rotatable bonds is 9. The van der Waals surface area contributed by atoms with E-state index in [1.54, 1.807) is 16.6 Å². The van der Waals surface area contributed by atoms with Crippen molar-refractivity contribution in [2.24, 2.45) is 0 Å². The number of likely N-dealkylation sites (tertiary alicyclic amines) is 1. The van der Waals surface area contributed by atoms with Gasteiger partial charge < -0.3 is 15.5 Å². The predicted octanol–water partition coefficient (Wildman–Crippen LogP) is 2.02. The molecule has 1 aliphatic rings. The van der Waals surface area contributed by atoms with Gasteiger partial charge in [-0.15, -0.1) is 15.3 Å². The van der Waals surface area contributed by atoms with Crippen LogP contribution in [0.5, 0.6) is 0 Å². The fraction of sp³-hybridized carbons (Fsp3) is 0.429. The average molecular weight is 411 g/mol. The molecule has 3 heterocycles. The highest BCUT2D eigenvalue weighted by Crippen LogP contribution is 2.11. The number of nitrogens with zero attached hydrogens (tertiary/aromatic N) is 5. The molecule has 0 radical (unpaired) electrons. The highest BCUT2D eigenvalue weighted by molar-refractivity contribution is 5.76. The largest absolute Gasteiger partial charge is 0.365 e. The van der Waals surface area contributed by atoms with E-state index in [4.69, 9.17) is 0 Å². The van der Waals surface area contributed by atoms with E-state index in [-0.39, 0.29) is 11.7 Å². The number of carbonyl (C=O) groups excluding carboxylic acids is 1. The summed E-state index contributed by atoms with van der Waals surface area (Å²) in [5.41, 5.74) is 1.58. The number of hydrogen-bond donors (Lipinski definition) is 2. The van der Waals surface area contributed by atoms with E-state index in [0.29, 0.717) is 43.2 Å². The molecule has 8 nitrogen and oxygen atoms in total.